The summed E-state index contributed by atoms with van der Waals surface area (Å²) in [6.07, 6.45) is 7.63. The van der Waals surface area contributed by atoms with Gasteiger partial charge in [-0.15, -0.1) is 11.3 Å². The summed E-state index contributed by atoms with van der Waals surface area (Å²) in [5, 5.41) is 4.96. The second-order valence-corrected chi connectivity index (χ2v) is 8.04. The van der Waals surface area contributed by atoms with Gasteiger partial charge in [-0.2, -0.15) is 0 Å². The van der Waals surface area contributed by atoms with E-state index in [2.05, 4.69) is 24.8 Å². The Labute approximate surface area is 157 Å². The van der Waals surface area contributed by atoms with Gasteiger partial charge in [-0.25, -0.2) is 9.97 Å². The van der Waals surface area contributed by atoms with Crippen molar-refractivity contribution in [3.8, 4) is 0 Å². The van der Waals surface area contributed by atoms with Crippen LogP contribution in [0.1, 0.15) is 41.9 Å². The van der Waals surface area contributed by atoms with Gasteiger partial charge in [-0.05, 0) is 25.7 Å². The van der Waals surface area contributed by atoms with E-state index in [9.17, 15) is 4.79 Å². The van der Waals surface area contributed by atoms with Gasteiger partial charge in [0.2, 0.25) is 0 Å². The van der Waals surface area contributed by atoms with E-state index < -0.39 is 0 Å². The Morgan fingerprint density at radius 2 is 2.38 bits per heavy atom. The zero-order chi connectivity index (χ0) is 18.1. The molecule has 140 valence electrons. The fourth-order valence-corrected chi connectivity index (χ4v) is 4.97. The Balaban J connectivity index is 1.47. The van der Waals surface area contributed by atoms with Crippen molar-refractivity contribution in [3.63, 3.8) is 0 Å². The molecular weight excluding hydrogens is 350 g/mol. The summed E-state index contributed by atoms with van der Waals surface area (Å²) in [7, 11) is 3.86. The van der Waals surface area contributed by atoms with E-state index >= 15 is 0 Å². The quantitative estimate of drug-likeness (QED) is 0.863. The Hall–Kier alpha value is -1.77. The van der Waals surface area contributed by atoms with Gasteiger partial charge in [0.25, 0.3) is 5.91 Å². The van der Waals surface area contributed by atoms with Gasteiger partial charge in [0.05, 0.1) is 23.1 Å². The number of aromatic nitrogens is 3. The minimum absolute atomic E-state index is 0.0719. The van der Waals surface area contributed by atoms with Crippen molar-refractivity contribution in [2.75, 3.05) is 13.7 Å². The summed E-state index contributed by atoms with van der Waals surface area (Å²) in [5.74, 6) is -0.0719. The molecule has 0 bridgehead atoms. The lowest BCUT2D eigenvalue weighted by Crippen LogP contribution is -2.54. The van der Waals surface area contributed by atoms with E-state index in [1.54, 1.807) is 10.9 Å². The highest BCUT2D eigenvalue weighted by atomic mass is 32.1. The summed E-state index contributed by atoms with van der Waals surface area (Å²) in [4.78, 5) is 23.2. The number of aryl methyl sites for hydroxylation is 1. The molecule has 26 heavy (non-hydrogen) atoms. The van der Waals surface area contributed by atoms with E-state index in [1.807, 2.05) is 26.7 Å². The molecule has 2 aliphatic rings. The molecule has 2 fully saturated rings. The van der Waals surface area contributed by atoms with Crippen LogP contribution in [0, 0.1) is 0 Å². The number of rotatable bonds is 5. The number of carbonyl (C=O) groups excluding carboxylic acids is 1. The maximum absolute atomic E-state index is 12.4. The Kier molecular flexibility index (Phi) is 4.81. The van der Waals surface area contributed by atoms with E-state index in [0.717, 1.165) is 38.8 Å². The van der Waals surface area contributed by atoms with E-state index in [4.69, 9.17) is 4.74 Å². The topological polar surface area (TPSA) is 72.3 Å². The smallest absolute Gasteiger partial charge is 0.270 e. The van der Waals surface area contributed by atoms with E-state index in [1.165, 1.54) is 17.0 Å². The minimum atomic E-state index is -0.0968. The van der Waals surface area contributed by atoms with Crippen molar-refractivity contribution in [1.29, 1.82) is 0 Å². The monoisotopic (exact) mass is 375 g/mol. The fourth-order valence-electron chi connectivity index (χ4n) is 4.44. The number of carbonyl (C=O) groups is 1. The number of thiazole rings is 1. The number of amides is 1. The summed E-state index contributed by atoms with van der Waals surface area (Å²) >= 11 is 1.44. The summed E-state index contributed by atoms with van der Waals surface area (Å²) in [6, 6.07) is 0.460. The SMILES string of the molecule is CO[C@@]12CC[C@@H](NC(=O)c3cscn3)C[C@@H]1N(Cc1cncn1C)CC2. The molecule has 2 aromatic heterocycles. The predicted octanol–water partition coefficient (Wildman–Crippen LogP) is 1.82. The van der Waals surface area contributed by atoms with Crippen LogP contribution >= 0.6 is 11.3 Å². The highest BCUT2D eigenvalue weighted by Gasteiger charge is 2.51. The maximum Gasteiger partial charge on any atom is 0.270 e. The average Bonchev–Trinajstić information content (AvgIpc) is 3.37. The lowest BCUT2D eigenvalue weighted by Gasteiger charge is -2.44. The third-order valence-electron chi connectivity index (χ3n) is 5.98. The number of hydrogen-bond acceptors (Lipinski definition) is 6. The molecule has 1 N–H and O–H groups in total. The van der Waals surface area contributed by atoms with Crippen molar-refractivity contribution in [1.82, 2.24) is 24.8 Å². The Bertz CT molecular complexity index is 761. The van der Waals surface area contributed by atoms with Crippen molar-refractivity contribution in [3.05, 3.63) is 34.8 Å². The largest absolute Gasteiger partial charge is 0.377 e. The molecule has 0 spiro atoms. The maximum atomic E-state index is 12.4. The molecule has 0 unspecified atom stereocenters. The molecule has 7 nitrogen and oxygen atoms in total. The van der Waals surface area contributed by atoms with Gasteiger partial charge >= 0.3 is 0 Å². The summed E-state index contributed by atoms with van der Waals surface area (Å²) < 4.78 is 8.09. The second-order valence-electron chi connectivity index (χ2n) is 7.32. The first-order chi connectivity index (χ1) is 12.6. The van der Waals surface area contributed by atoms with Gasteiger partial charge in [0.15, 0.2) is 0 Å². The van der Waals surface area contributed by atoms with Crippen LogP contribution in [-0.4, -0.2) is 56.7 Å². The zero-order valence-corrected chi connectivity index (χ0v) is 16.0. The molecule has 2 aromatic rings. The lowest BCUT2D eigenvalue weighted by molar-refractivity contribution is -0.0679. The van der Waals surface area contributed by atoms with Crippen LogP contribution in [0.25, 0.3) is 0 Å². The van der Waals surface area contributed by atoms with E-state index in [-0.39, 0.29) is 17.6 Å². The van der Waals surface area contributed by atoms with Crippen molar-refractivity contribution in [2.45, 2.75) is 49.9 Å². The first-order valence-corrected chi connectivity index (χ1v) is 9.99. The number of fused-ring (bicyclic) bond motifs is 1. The van der Waals surface area contributed by atoms with Gasteiger partial charge in [0.1, 0.15) is 5.69 Å². The van der Waals surface area contributed by atoms with Gasteiger partial charge in [-0.1, -0.05) is 0 Å². The highest BCUT2D eigenvalue weighted by molar-refractivity contribution is 7.07. The second kappa shape index (κ2) is 7.09. The van der Waals surface area contributed by atoms with Crippen LogP contribution in [0.3, 0.4) is 0 Å². The van der Waals surface area contributed by atoms with Gasteiger partial charge in [0, 0.05) is 50.9 Å². The van der Waals surface area contributed by atoms with Crippen LogP contribution in [0.4, 0.5) is 0 Å². The predicted molar refractivity (Wildman–Crippen MR) is 99.0 cm³/mol. The molecule has 1 amide bonds. The minimum Gasteiger partial charge on any atom is -0.377 e. The average molecular weight is 375 g/mol. The molecule has 1 aliphatic carbocycles. The normalized spacial score (nSPS) is 28.8. The zero-order valence-electron chi connectivity index (χ0n) is 15.2. The van der Waals surface area contributed by atoms with Crippen LogP contribution in [-0.2, 0) is 18.3 Å². The third-order valence-corrected chi connectivity index (χ3v) is 6.57. The van der Waals surface area contributed by atoms with Crippen LogP contribution in [0.2, 0.25) is 0 Å². The molecule has 3 heterocycles. The molecule has 1 saturated heterocycles. The number of imidazole rings is 1. The number of nitrogens with zero attached hydrogens (tertiary/aromatic N) is 4. The number of ether oxygens (including phenoxy) is 1. The highest BCUT2D eigenvalue weighted by Crippen LogP contribution is 2.43. The fraction of sp³-hybridized carbons (Fsp3) is 0.611. The van der Waals surface area contributed by atoms with Crippen molar-refractivity contribution >= 4 is 17.2 Å². The number of likely N-dealkylation sites (tertiary alicyclic amines) is 1. The summed E-state index contributed by atoms with van der Waals surface area (Å²) in [5.41, 5.74) is 3.31. The van der Waals surface area contributed by atoms with Crippen molar-refractivity contribution < 1.29 is 9.53 Å². The van der Waals surface area contributed by atoms with Crippen LogP contribution in [0.15, 0.2) is 23.4 Å². The van der Waals surface area contributed by atoms with Gasteiger partial charge < -0.3 is 14.6 Å². The number of nitrogens with one attached hydrogen (secondary N) is 1. The molecule has 3 atom stereocenters. The van der Waals surface area contributed by atoms with Gasteiger partial charge in [-0.3, -0.25) is 9.69 Å². The third kappa shape index (κ3) is 3.17. The molecule has 0 aromatic carbocycles. The first kappa shape index (κ1) is 17.6. The molecule has 1 aliphatic heterocycles. The lowest BCUT2D eigenvalue weighted by atomic mass is 9.78. The first-order valence-electron chi connectivity index (χ1n) is 9.05. The van der Waals surface area contributed by atoms with E-state index in [0.29, 0.717) is 11.7 Å². The Morgan fingerprint density at radius 3 is 3.08 bits per heavy atom. The molecule has 1 saturated carbocycles. The van der Waals surface area contributed by atoms with Crippen LogP contribution in [0.5, 0.6) is 0 Å². The summed E-state index contributed by atoms with van der Waals surface area (Å²) in [6.45, 7) is 1.87. The van der Waals surface area contributed by atoms with Crippen molar-refractivity contribution in [2.24, 2.45) is 7.05 Å². The molecule has 4 rings (SSSR count). The Morgan fingerprint density at radius 1 is 1.50 bits per heavy atom. The number of methoxy groups -OCH3 is 1. The molecule has 8 heteroatoms. The standard InChI is InChI=1S/C18H25N5O2S/c1-22-11-19-8-14(22)9-23-6-5-18(25-2)4-3-13(7-16(18)23)21-17(24)15-10-26-12-20-15/h8,10-13,16H,3-7,9H2,1-2H3,(H,21,24)/t13-,16+,18-/m1/s1. The van der Waals surface area contributed by atoms with Crippen LogP contribution < -0.4 is 5.32 Å². The molecular formula is C18H25N5O2S. The molecule has 0 radical (unpaired) electrons. The number of hydrogen-bond donors (Lipinski definition) is 1.